The number of ether oxygens (including phenoxy) is 4. The summed E-state index contributed by atoms with van der Waals surface area (Å²) in [6, 6.07) is 0. The molecule has 6 heteroatoms. The van der Waals surface area contributed by atoms with Crippen molar-refractivity contribution >= 4 is 11.9 Å². The second kappa shape index (κ2) is 6.70. The Bertz CT molecular complexity index is 273. The third-order valence-electron chi connectivity index (χ3n) is 3.49. The van der Waals surface area contributed by atoms with Crippen molar-refractivity contribution in [3.05, 3.63) is 0 Å². The van der Waals surface area contributed by atoms with Gasteiger partial charge in [-0.1, -0.05) is 0 Å². The van der Waals surface area contributed by atoms with Gasteiger partial charge in [-0.3, -0.25) is 9.59 Å². The largest absolute Gasteiger partial charge is 0.469 e. The highest BCUT2D eigenvalue weighted by atomic mass is 16.5. The molecule has 104 valence electrons. The minimum atomic E-state index is -0.543. The van der Waals surface area contributed by atoms with E-state index < -0.39 is 23.8 Å². The van der Waals surface area contributed by atoms with Crippen LogP contribution in [-0.2, 0) is 28.5 Å². The predicted molar refractivity (Wildman–Crippen MR) is 61.8 cm³/mol. The lowest BCUT2D eigenvalue weighted by atomic mass is 9.76. The average Bonchev–Trinajstić information content (AvgIpc) is 2.43. The molecular formula is C12H20O6. The Morgan fingerprint density at radius 3 is 1.33 bits per heavy atom. The Kier molecular flexibility index (Phi) is 5.55. The number of esters is 2. The Morgan fingerprint density at radius 1 is 0.778 bits per heavy atom. The first-order chi connectivity index (χ1) is 8.58. The molecule has 1 saturated carbocycles. The van der Waals surface area contributed by atoms with E-state index in [0.717, 1.165) is 0 Å². The number of carbonyl (C=O) groups excluding carboxylic acids is 2. The van der Waals surface area contributed by atoms with Crippen LogP contribution in [0.15, 0.2) is 0 Å². The zero-order valence-corrected chi connectivity index (χ0v) is 11.2. The molecule has 4 atom stereocenters. The molecule has 0 aromatic carbocycles. The van der Waals surface area contributed by atoms with Crippen LogP contribution in [0.5, 0.6) is 0 Å². The predicted octanol–water partition coefficient (Wildman–Crippen LogP) is 0.389. The Labute approximate surface area is 107 Å². The molecule has 0 radical (unpaired) electrons. The van der Waals surface area contributed by atoms with Crippen LogP contribution in [0, 0.1) is 11.8 Å². The zero-order chi connectivity index (χ0) is 13.7. The summed E-state index contributed by atoms with van der Waals surface area (Å²) in [4.78, 5) is 23.5. The van der Waals surface area contributed by atoms with Gasteiger partial charge in [-0.15, -0.1) is 0 Å². The van der Waals surface area contributed by atoms with E-state index in [9.17, 15) is 9.59 Å². The molecule has 0 heterocycles. The number of rotatable bonds is 4. The summed E-state index contributed by atoms with van der Waals surface area (Å²) in [5, 5.41) is 0. The van der Waals surface area contributed by atoms with Crippen molar-refractivity contribution in [2.45, 2.75) is 25.0 Å². The van der Waals surface area contributed by atoms with Crippen molar-refractivity contribution in [1.29, 1.82) is 0 Å². The van der Waals surface area contributed by atoms with Gasteiger partial charge in [0.25, 0.3) is 0 Å². The van der Waals surface area contributed by atoms with E-state index in [0.29, 0.717) is 12.8 Å². The lowest BCUT2D eigenvalue weighted by molar-refractivity contribution is -0.169. The monoisotopic (exact) mass is 260 g/mol. The molecule has 0 amide bonds. The highest BCUT2D eigenvalue weighted by Gasteiger charge is 2.45. The van der Waals surface area contributed by atoms with Crippen LogP contribution >= 0.6 is 0 Å². The van der Waals surface area contributed by atoms with Crippen LogP contribution < -0.4 is 0 Å². The minimum Gasteiger partial charge on any atom is -0.469 e. The summed E-state index contributed by atoms with van der Waals surface area (Å²) in [5.41, 5.74) is 0. The van der Waals surface area contributed by atoms with Crippen molar-refractivity contribution in [2.24, 2.45) is 11.8 Å². The fraction of sp³-hybridized carbons (Fsp3) is 0.833. The van der Waals surface area contributed by atoms with Crippen molar-refractivity contribution in [1.82, 2.24) is 0 Å². The molecule has 0 spiro atoms. The molecule has 0 aromatic rings. The molecule has 0 aromatic heterocycles. The molecule has 6 nitrogen and oxygen atoms in total. The van der Waals surface area contributed by atoms with Crippen molar-refractivity contribution in [3.8, 4) is 0 Å². The molecule has 1 aliphatic rings. The Morgan fingerprint density at radius 2 is 1.11 bits per heavy atom. The maximum absolute atomic E-state index is 11.7. The summed E-state index contributed by atoms with van der Waals surface area (Å²) >= 11 is 0. The maximum atomic E-state index is 11.7. The molecule has 0 bridgehead atoms. The third kappa shape index (κ3) is 3.00. The smallest absolute Gasteiger partial charge is 0.309 e. The first-order valence-electron chi connectivity index (χ1n) is 5.80. The van der Waals surface area contributed by atoms with E-state index in [2.05, 4.69) is 0 Å². The topological polar surface area (TPSA) is 71.1 Å². The van der Waals surface area contributed by atoms with Gasteiger partial charge in [0.15, 0.2) is 0 Å². The first-order valence-corrected chi connectivity index (χ1v) is 5.80. The highest BCUT2D eigenvalue weighted by Crippen LogP contribution is 2.34. The summed E-state index contributed by atoms with van der Waals surface area (Å²) in [7, 11) is 5.73. The van der Waals surface area contributed by atoms with E-state index in [-0.39, 0.29) is 12.2 Å². The van der Waals surface area contributed by atoms with Crippen molar-refractivity contribution < 1.29 is 28.5 Å². The van der Waals surface area contributed by atoms with Crippen molar-refractivity contribution in [3.63, 3.8) is 0 Å². The quantitative estimate of drug-likeness (QED) is 0.681. The van der Waals surface area contributed by atoms with E-state index in [4.69, 9.17) is 18.9 Å². The lowest BCUT2D eigenvalue weighted by Gasteiger charge is -2.37. The van der Waals surface area contributed by atoms with Crippen LogP contribution in [0.25, 0.3) is 0 Å². The molecule has 0 N–H and O–H groups in total. The SMILES string of the molecule is COC(=O)[C@H]1C[C@@H](OC)[C@@H](OC)C[C@H]1C(=O)OC. The van der Waals surface area contributed by atoms with Gasteiger partial charge in [0.1, 0.15) is 0 Å². The van der Waals surface area contributed by atoms with Crippen LogP contribution in [-0.4, -0.2) is 52.6 Å². The lowest BCUT2D eigenvalue weighted by Crippen LogP contribution is -2.47. The first kappa shape index (κ1) is 14.9. The summed E-state index contributed by atoms with van der Waals surface area (Å²) in [6.07, 6.45) is 0.336. The van der Waals surface area contributed by atoms with E-state index in [1.54, 1.807) is 14.2 Å². The maximum Gasteiger partial charge on any atom is 0.309 e. The molecule has 18 heavy (non-hydrogen) atoms. The second-order valence-corrected chi connectivity index (χ2v) is 4.28. The number of hydrogen-bond donors (Lipinski definition) is 0. The van der Waals surface area contributed by atoms with Crippen LogP contribution in [0.2, 0.25) is 0 Å². The third-order valence-corrected chi connectivity index (χ3v) is 3.49. The summed E-state index contributed by atoms with van der Waals surface area (Å²) in [5.74, 6) is -1.92. The number of methoxy groups -OCH3 is 4. The van der Waals surface area contributed by atoms with Gasteiger partial charge in [0.05, 0.1) is 38.3 Å². The van der Waals surface area contributed by atoms with E-state index in [1.807, 2.05) is 0 Å². The Hall–Kier alpha value is -1.14. The zero-order valence-electron chi connectivity index (χ0n) is 11.2. The highest BCUT2D eigenvalue weighted by molar-refractivity contribution is 5.82. The summed E-state index contributed by atoms with van der Waals surface area (Å²) < 4.78 is 20.1. The van der Waals surface area contributed by atoms with Gasteiger partial charge < -0.3 is 18.9 Å². The van der Waals surface area contributed by atoms with E-state index in [1.165, 1.54) is 14.2 Å². The Balaban J connectivity index is 2.90. The van der Waals surface area contributed by atoms with Gasteiger partial charge in [0.2, 0.25) is 0 Å². The van der Waals surface area contributed by atoms with Gasteiger partial charge in [0, 0.05) is 14.2 Å². The van der Waals surface area contributed by atoms with Gasteiger partial charge >= 0.3 is 11.9 Å². The number of carbonyl (C=O) groups is 2. The van der Waals surface area contributed by atoms with Gasteiger partial charge in [-0.2, -0.15) is 0 Å². The van der Waals surface area contributed by atoms with Crippen LogP contribution in [0.3, 0.4) is 0 Å². The van der Waals surface area contributed by atoms with Gasteiger partial charge in [-0.05, 0) is 12.8 Å². The normalized spacial score (nSPS) is 31.8. The minimum absolute atomic E-state index is 0.222. The number of hydrogen-bond acceptors (Lipinski definition) is 6. The molecular weight excluding hydrogens is 240 g/mol. The molecule has 1 rings (SSSR count). The standard InChI is InChI=1S/C12H20O6/c1-15-9-5-7(11(13)17-3)8(12(14)18-4)6-10(9)16-2/h7-10H,5-6H2,1-4H3/t7-,8+,9+,10-. The average molecular weight is 260 g/mol. The fourth-order valence-electron chi connectivity index (χ4n) is 2.45. The summed E-state index contributed by atoms with van der Waals surface area (Å²) in [6.45, 7) is 0. The molecule has 0 unspecified atom stereocenters. The molecule has 1 aliphatic carbocycles. The fourth-order valence-corrected chi connectivity index (χ4v) is 2.45. The second-order valence-electron chi connectivity index (χ2n) is 4.28. The van der Waals surface area contributed by atoms with Crippen LogP contribution in [0.4, 0.5) is 0 Å². The van der Waals surface area contributed by atoms with Crippen molar-refractivity contribution in [2.75, 3.05) is 28.4 Å². The molecule has 1 fully saturated rings. The molecule has 0 saturated heterocycles. The molecule has 0 aliphatic heterocycles. The van der Waals surface area contributed by atoms with E-state index >= 15 is 0 Å². The van der Waals surface area contributed by atoms with Gasteiger partial charge in [-0.25, -0.2) is 0 Å². The van der Waals surface area contributed by atoms with Crippen LogP contribution in [0.1, 0.15) is 12.8 Å².